The van der Waals surface area contributed by atoms with Gasteiger partial charge in [0, 0.05) is 38.1 Å². The van der Waals surface area contributed by atoms with Gasteiger partial charge in [0.25, 0.3) is 5.91 Å². The highest BCUT2D eigenvalue weighted by Gasteiger charge is 2.28. The molecule has 1 saturated heterocycles. The first-order valence-corrected chi connectivity index (χ1v) is 9.32. The van der Waals surface area contributed by atoms with Gasteiger partial charge in [0.1, 0.15) is 10.6 Å². The van der Waals surface area contributed by atoms with Crippen molar-refractivity contribution in [2.75, 3.05) is 18.4 Å². The normalized spacial score (nSPS) is 16.2. The van der Waals surface area contributed by atoms with Crippen LogP contribution in [-0.2, 0) is 17.1 Å². The van der Waals surface area contributed by atoms with Crippen LogP contribution in [0.3, 0.4) is 0 Å². The molecule has 0 atom stereocenters. The summed E-state index contributed by atoms with van der Waals surface area (Å²) >= 11 is 0. The van der Waals surface area contributed by atoms with Crippen molar-refractivity contribution < 1.29 is 13.2 Å². The minimum atomic E-state index is -3.56. The molecule has 3 heterocycles. The molecule has 1 amide bonds. The lowest BCUT2D eigenvalue weighted by Gasteiger charge is -2.25. The summed E-state index contributed by atoms with van der Waals surface area (Å²) in [4.78, 5) is 12.5. The number of anilines is 1. The molecule has 0 spiro atoms. The number of sulfonamides is 1. The quantitative estimate of drug-likeness (QED) is 0.871. The number of aromatic amines is 1. The average molecular weight is 351 g/mol. The van der Waals surface area contributed by atoms with Gasteiger partial charge in [-0.05, 0) is 25.8 Å². The number of carbonyl (C=O) groups excluding carboxylic acids is 1. The molecule has 0 unspecified atom stereocenters. The monoisotopic (exact) mass is 351 g/mol. The maximum Gasteiger partial charge on any atom is 0.273 e. The predicted molar refractivity (Wildman–Crippen MR) is 89.3 cm³/mol. The molecular weight excluding hydrogens is 330 g/mol. The highest BCUT2D eigenvalue weighted by atomic mass is 32.2. The summed E-state index contributed by atoms with van der Waals surface area (Å²) in [6, 6.07) is 3.12. The van der Waals surface area contributed by atoms with E-state index in [0.29, 0.717) is 18.9 Å². The molecule has 130 valence electrons. The molecule has 1 aliphatic rings. The van der Waals surface area contributed by atoms with E-state index in [4.69, 9.17) is 0 Å². The van der Waals surface area contributed by atoms with Crippen LogP contribution in [-0.4, -0.2) is 46.5 Å². The van der Waals surface area contributed by atoms with Gasteiger partial charge >= 0.3 is 0 Å². The summed E-state index contributed by atoms with van der Waals surface area (Å²) in [6.07, 6.45) is 4.28. The Morgan fingerprint density at radius 2 is 1.96 bits per heavy atom. The number of hydrogen-bond acceptors (Lipinski definition) is 4. The molecule has 24 heavy (non-hydrogen) atoms. The fourth-order valence-electron chi connectivity index (χ4n) is 2.82. The van der Waals surface area contributed by atoms with E-state index in [1.807, 2.05) is 6.92 Å². The van der Waals surface area contributed by atoms with Crippen LogP contribution in [0.5, 0.6) is 0 Å². The summed E-state index contributed by atoms with van der Waals surface area (Å²) < 4.78 is 28.4. The van der Waals surface area contributed by atoms with Gasteiger partial charge in [-0.3, -0.25) is 9.89 Å². The molecule has 0 bridgehead atoms. The molecule has 2 aromatic heterocycles. The maximum absolute atomic E-state index is 12.7. The molecule has 1 fully saturated rings. The van der Waals surface area contributed by atoms with Crippen LogP contribution in [0.4, 0.5) is 5.82 Å². The smallest absolute Gasteiger partial charge is 0.273 e. The third-order valence-electron chi connectivity index (χ3n) is 4.11. The lowest BCUT2D eigenvalue weighted by Crippen LogP contribution is -2.35. The standard InChI is InChI=1S/C15H21N5O3S/c1-11-8-14(18-17-11)16-15(21)13-9-12(10-19(13)2)24(22,23)20-6-4-3-5-7-20/h8-10H,3-7H2,1-2H3,(H2,16,17,18,21). The number of hydrogen-bond donors (Lipinski definition) is 2. The molecule has 0 saturated carbocycles. The average Bonchev–Trinajstić information content (AvgIpc) is 3.14. The summed E-state index contributed by atoms with van der Waals surface area (Å²) in [6.45, 7) is 2.89. The Bertz CT molecular complexity index is 846. The summed E-state index contributed by atoms with van der Waals surface area (Å²) in [5.41, 5.74) is 1.09. The van der Waals surface area contributed by atoms with Crippen molar-refractivity contribution in [3.63, 3.8) is 0 Å². The first-order valence-electron chi connectivity index (χ1n) is 7.88. The fourth-order valence-corrected chi connectivity index (χ4v) is 4.41. The highest BCUT2D eigenvalue weighted by molar-refractivity contribution is 7.89. The van der Waals surface area contributed by atoms with Gasteiger partial charge in [-0.2, -0.15) is 9.40 Å². The van der Waals surface area contributed by atoms with Gasteiger partial charge in [-0.1, -0.05) is 6.42 Å². The molecular formula is C15H21N5O3S. The third kappa shape index (κ3) is 3.22. The molecule has 3 rings (SSSR count). The Morgan fingerprint density at radius 1 is 1.25 bits per heavy atom. The Morgan fingerprint density at radius 3 is 2.58 bits per heavy atom. The zero-order valence-corrected chi connectivity index (χ0v) is 14.6. The zero-order valence-electron chi connectivity index (χ0n) is 13.7. The molecule has 0 aromatic carbocycles. The second kappa shape index (κ2) is 6.40. The summed E-state index contributed by atoms with van der Waals surface area (Å²) in [7, 11) is -1.90. The van der Waals surface area contributed by atoms with Crippen molar-refractivity contribution >= 4 is 21.7 Å². The van der Waals surface area contributed by atoms with Gasteiger partial charge in [0.15, 0.2) is 5.82 Å². The number of amides is 1. The van der Waals surface area contributed by atoms with Gasteiger partial charge < -0.3 is 9.88 Å². The first kappa shape index (κ1) is 16.7. The molecule has 0 aliphatic carbocycles. The van der Waals surface area contributed by atoms with E-state index in [9.17, 15) is 13.2 Å². The number of aryl methyl sites for hydroxylation is 2. The van der Waals surface area contributed by atoms with Crippen molar-refractivity contribution in [2.45, 2.75) is 31.1 Å². The number of nitrogens with zero attached hydrogens (tertiary/aromatic N) is 3. The molecule has 9 heteroatoms. The summed E-state index contributed by atoms with van der Waals surface area (Å²) in [5, 5.41) is 9.34. The van der Waals surface area contributed by atoms with Crippen molar-refractivity contribution in [3.05, 3.63) is 29.7 Å². The van der Waals surface area contributed by atoms with E-state index in [0.717, 1.165) is 25.0 Å². The van der Waals surface area contributed by atoms with Gasteiger partial charge in [-0.15, -0.1) is 0 Å². The third-order valence-corrected chi connectivity index (χ3v) is 5.98. The van der Waals surface area contributed by atoms with E-state index in [1.165, 1.54) is 21.1 Å². The van der Waals surface area contributed by atoms with Crippen LogP contribution >= 0.6 is 0 Å². The van der Waals surface area contributed by atoms with Crippen LogP contribution in [0.15, 0.2) is 23.2 Å². The number of piperidine rings is 1. The highest BCUT2D eigenvalue weighted by Crippen LogP contribution is 2.22. The van der Waals surface area contributed by atoms with Gasteiger partial charge in [-0.25, -0.2) is 8.42 Å². The topological polar surface area (TPSA) is 100 Å². The molecule has 1 aliphatic heterocycles. The second-order valence-electron chi connectivity index (χ2n) is 6.03. The van der Waals surface area contributed by atoms with E-state index in [1.54, 1.807) is 13.1 Å². The Labute approximate surface area is 140 Å². The van der Waals surface area contributed by atoms with Crippen LogP contribution in [0.2, 0.25) is 0 Å². The maximum atomic E-state index is 12.7. The number of rotatable bonds is 4. The van der Waals surface area contributed by atoms with Crippen LogP contribution in [0.25, 0.3) is 0 Å². The van der Waals surface area contributed by atoms with Crippen LogP contribution < -0.4 is 5.32 Å². The van der Waals surface area contributed by atoms with Gasteiger partial charge in [0.2, 0.25) is 10.0 Å². The lowest BCUT2D eigenvalue weighted by atomic mass is 10.2. The SMILES string of the molecule is Cc1cc(NC(=O)c2cc(S(=O)(=O)N3CCCCC3)cn2C)n[nH]1. The largest absolute Gasteiger partial charge is 0.345 e. The molecule has 8 nitrogen and oxygen atoms in total. The van der Waals surface area contributed by atoms with Gasteiger partial charge in [0.05, 0.1) is 0 Å². The van der Waals surface area contributed by atoms with E-state index >= 15 is 0 Å². The summed E-state index contributed by atoms with van der Waals surface area (Å²) in [5.74, 6) is 0.00299. The zero-order chi connectivity index (χ0) is 17.3. The number of H-pyrrole nitrogens is 1. The Balaban J connectivity index is 1.82. The van der Waals surface area contributed by atoms with E-state index < -0.39 is 15.9 Å². The molecule has 0 radical (unpaired) electrons. The van der Waals surface area contributed by atoms with Crippen molar-refractivity contribution in [2.24, 2.45) is 7.05 Å². The van der Waals surface area contributed by atoms with Crippen molar-refractivity contribution in [3.8, 4) is 0 Å². The van der Waals surface area contributed by atoms with E-state index in [2.05, 4.69) is 15.5 Å². The fraction of sp³-hybridized carbons (Fsp3) is 0.467. The number of aromatic nitrogens is 3. The first-order chi connectivity index (χ1) is 11.4. The van der Waals surface area contributed by atoms with E-state index in [-0.39, 0.29) is 10.6 Å². The lowest BCUT2D eigenvalue weighted by molar-refractivity contribution is 0.101. The Hall–Kier alpha value is -2.13. The molecule has 2 aromatic rings. The molecule has 2 N–H and O–H groups in total. The van der Waals surface area contributed by atoms with Crippen LogP contribution in [0.1, 0.15) is 35.4 Å². The Kier molecular flexibility index (Phi) is 4.46. The minimum absolute atomic E-state index is 0.148. The van der Waals surface area contributed by atoms with Crippen molar-refractivity contribution in [1.29, 1.82) is 0 Å². The van der Waals surface area contributed by atoms with Crippen LogP contribution in [0, 0.1) is 6.92 Å². The predicted octanol–water partition coefficient (Wildman–Crippen LogP) is 1.48. The van der Waals surface area contributed by atoms with Crippen molar-refractivity contribution in [1.82, 2.24) is 19.1 Å². The number of carbonyl (C=O) groups is 1. The minimum Gasteiger partial charge on any atom is -0.345 e. The second-order valence-corrected chi connectivity index (χ2v) is 7.96. The number of nitrogens with one attached hydrogen (secondary N) is 2.